The van der Waals surface area contributed by atoms with Crippen molar-refractivity contribution >= 4 is 39.7 Å². The topological polar surface area (TPSA) is 63.8 Å². The van der Waals surface area contributed by atoms with Crippen molar-refractivity contribution in [3.8, 4) is 0 Å². The van der Waals surface area contributed by atoms with Crippen molar-refractivity contribution in [3.05, 3.63) is 35.0 Å². The number of fused-ring (bicyclic) bond motifs is 1. The highest BCUT2D eigenvalue weighted by atomic mass is 35.5. The maximum atomic E-state index is 10.9. The van der Waals surface area contributed by atoms with Crippen LogP contribution < -0.4 is 4.72 Å². The van der Waals surface area contributed by atoms with Crippen molar-refractivity contribution in [1.82, 2.24) is 4.72 Å². The Morgan fingerprint density at radius 2 is 2.35 bits per heavy atom. The van der Waals surface area contributed by atoms with E-state index < -0.39 is 11.3 Å². The predicted molar refractivity (Wildman–Crippen MR) is 64.7 cm³/mol. The molecule has 17 heavy (non-hydrogen) atoms. The summed E-state index contributed by atoms with van der Waals surface area (Å²) in [6, 6.07) is 5.52. The Balaban J connectivity index is 1.96. The van der Waals surface area contributed by atoms with Gasteiger partial charge in [0.25, 0.3) is 0 Å². The lowest BCUT2D eigenvalue weighted by atomic mass is 10.1. The summed E-state index contributed by atoms with van der Waals surface area (Å²) >= 11 is 4.43. The number of para-hydroxylation sites is 1. The highest BCUT2D eigenvalue weighted by molar-refractivity contribution is 7.79. The fourth-order valence-electron chi connectivity index (χ4n) is 1.67. The summed E-state index contributed by atoms with van der Waals surface area (Å²) in [6.45, 7) is 0. The van der Waals surface area contributed by atoms with Crippen LogP contribution in [0.4, 0.5) is 0 Å². The molecule has 0 fully saturated rings. The smallest absolute Gasteiger partial charge is 0.338 e. The SMILES string of the molecule is O=S1NC(Cc2coc3c(Cl)cccc23)=NO1. The molecule has 0 radical (unpaired) electrons. The van der Waals surface area contributed by atoms with Gasteiger partial charge < -0.3 is 4.42 Å². The first kappa shape index (κ1) is 10.6. The van der Waals surface area contributed by atoms with Crippen molar-refractivity contribution in [2.24, 2.45) is 5.16 Å². The van der Waals surface area contributed by atoms with Gasteiger partial charge >= 0.3 is 11.3 Å². The van der Waals surface area contributed by atoms with Crippen LogP contribution in [-0.4, -0.2) is 10.0 Å². The number of nitrogens with zero attached hydrogens (tertiary/aromatic N) is 1. The van der Waals surface area contributed by atoms with Crippen molar-refractivity contribution in [3.63, 3.8) is 0 Å². The number of rotatable bonds is 2. The first-order valence-corrected chi connectivity index (χ1v) is 6.27. The molecule has 5 nitrogen and oxygen atoms in total. The highest BCUT2D eigenvalue weighted by Crippen LogP contribution is 2.28. The fraction of sp³-hybridized carbons (Fsp3) is 0.100. The van der Waals surface area contributed by atoms with Gasteiger partial charge in [0.2, 0.25) is 0 Å². The standard InChI is InChI=1S/C10H7ClN2O3S/c11-8-3-1-2-7-6(5-15-10(7)8)4-9-12-16-17(14)13-9/h1-3,5H,4H2,(H,12,13). The predicted octanol–water partition coefficient (Wildman–Crippen LogP) is 2.14. The zero-order valence-corrected chi connectivity index (χ0v) is 10.0. The van der Waals surface area contributed by atoms with Crippen LogP contribution in [0.15, 0.2) is 34.0 Å². The summed E-state index contributed by atoms with van der Waals surface area (Å²) in [6.07, 6.45) is 2.07. The zero-order chi connectivity index (χ0) is 11.8. The second-order valence-electron chi connectivity index (χ2n) is 3.50. The average molecular weight is 271 g/mol. The summed E-state index contributed by atoms with van der Waals surface area (Å²) < 4.78 is 23.4. The van der Waals surface area contributed by atoms with E-state index in [0.29, 0.717) is 22.9 Å². The van der Waals surface area contributed by atoms with Crippen LogP contribution in [0.2, 0.25) is 5.02 Å². The van der Waals surface area contributed by atoms with E-state index in [1.165, 1.54) is 0 Å². The number of nitrogens with one attached hydrogen (secondary N) is 1. The van der Waals surface area contributed by atoms with Crippen molar-refractivity contribution in [2.75, 3.05) is 0 Å². The van der Waals surface area contributed by atoms with Crippen molar-refractivity contribution in [2.45, 2.75) is 6.42 Å². The van der Waals surface area contributed by atoms with E-state index in [1.54, 1.807) is 12.3 Å². The Bertz CT molecular complexity index is 638. The molecule has 0 aliphatic carbocycles. The maximum Gasteiger partial charge on any atom is 0.338 e. The summed E-state index contributed by atoms with van der Waals surface area (Å²) in [5.74, 6) is 0.506. The van der Waals surface area contributed by atoms with E-state index in [4.69, 9.17) is 16.0 Å². The van der Waals surface area contributed by atoms with Gasteiger partial charge in [-0.25, -0.2) is 0 Å². The van der Waals surface area contributed by atoms with Crippen LogP contribution in [0, 0.1) is 0 Å². The number of furan rings is 1. The molecule has 1 atom stereocenters. The molecular weight excluding hydrogens is 264 g/mol. The third-order valence-electron chi connectivity index (χ3n) is 2.41. The van der Waals surface area contributed by atoms with E-state index in [1.807, 2.05) is 12.1 Å². The Hall–Kier alpha value is -1.53. The Labute approximate surface area is 104 Å². The number of halogens is 1. The highest BCUT2D eigenvalue weighted by Gasteiger charge is 2.17. The largest absolute Gasteiger partial charge is 0.462 e. The minimum atomic E-state index is -1.56. The zero-order valence-electron chi connectivity index (χ0n) is 8.47. The minimum Gasteiger partial charge on any atom is -0.462 e. The molecule has 1 aromatic heterocycles. The van der Waals surface area contributed by atoms with Crippen LogP contribution in [0.5, 0.6) is 0 Å². The van der Waals surface area contributed by atoms with Gasteiger partial charge in [0.15, 0.2) is 11.4 Å². The van der Waals surface area contributed by atoms with Gasteiger partial charge in [-0.05, 0) is 6.07 Å². The monoisotopic (exact) mass is 270 g/mol. The van der Waals surface area contributed by atoms with E-state index in [2.05, 4.69) is 14.2 Å². The molecule has 1 aliphatic heterocycles. The van der Waals surface area contributed by atoms with Crippen LogP contribution in [0.25, 0.3) is 11.0 Å². The van der Waals surface area contributed by atoms with Crippen LogP contribution in [0.1, 0.15) is 5.56 Å². The van der Waals surface area contributed by atoms with Gasteiger partial charge in [-0.3, -0.25) is 9.01 Å². The van der Waals surface area contributed by atoms with Crippen LogP contribution in [-0.2, 0) is 22.0 Å². The molecule has 0 saturated carbocycles. The summed E-state index contributed by atoms with van der Waals surface area (Å²) in [5, 5.41) is 5.13. The molecule has 1 unspecified atom stereocenters. The maximum absolute atomic E-state index is 10.9. The van der Waals surface area contributed by atoms with Crippen LogP contribution >= 0.6 is 11.6 Å². The number of oxime groups is 1. The lowest BCUT2D eigenvalue weighted by molar-refractivity contribution is 0.384. The van der Waals surface area contributed by atoms with Crippen LogP contribution in [0.3, 0.4) is 0 Å². The van der Waals surface area contributed by atoms with Gasteiger partial charge in [-0.15, -0.1) is 0 Å². The Kier molecular flexibility index (Phi) is 2.53. The second-order valence-corrected chi connectivity index (χ2v) is 4.73. The van der Waals surface area contributed by atoms with E-state index in [9.17, 15) is 4.21 Å². The number of hydrogen-bond donors (Lipinski definition) is 1. The summed E-state index contributed by atoms with van der Waals surface area (Å²) in [4.78, 5) is 0. The van der Waals surface area contributed by atoms with E-state index in [-0.39, 0.29) is 0 Å². The van der Waals surface area contributed by atoms with Crippen molar-refractivity contribution < 1.29 is 12.9 Å². The first-order valence-electron chi connectivity index (χ1n) is 4.81. The normalized spacial score (nSPS) is 18.9. The van der Waals surface area contributed by atoms with E-state index in [0.717, 1.165) is 10.9 Å². The molecule has 2 aromatic rings. The molecule has 1 N–H and O–H groups in total. The molecule has 0 saturated heterocycles. The number of amidine groups is 1. The second kappa shape index (κ2) is 4.05. The molecule has 0 amide bonds. The molecule has 7 heteroatoms. The molecule has 3 rings (SSSR count). The van der Waals surface area contributed by atoms with Gasteiger partial charge in [-0.1, -0.05) is 28.9 Å². The molecule has 0 bridgehead atoms. The minimum absolute atomic E-state index is 0.457. The summed E-state index contributed by atoms with van der Waals surface area (Å²) in [5.41, 5.74) is 1.56. The third-order valence-corrected chi connectivity index (χ3v) is 3.32. The van der Waals surface area contributed by atoms with Gasteiger partial charge in [0.05, 0.1) is 11.3 Å². The lowest BCUT2D eigenvalue weighted by Crippen LogP contribution is -2.20. The van der Waals surface area contributed by atoms with Gasteiger partial charge in [0.1, 0.15) is 0 Å². The third kappa shape index (κ3) is 1.89. The molecule has 1 aromatic carbocycles. The molecule has 2 heterocycles. The first-order chi connectivity index (χ1) is 8.24. The van der Waals surface area contributed by atoms with Crippen molar-refractivity contribution in [1.29, 1.82) is 0 Å². The summed E-state index contributed by atoms with van der Waals surface area (Å²) in [7, 11) is 0. The fourth-order valence-corrected chi connectivity index (χ4v) is 2.39. The molecule has 0 spiro atoms. The number of benzene rings is 1. The van der Waals surface area contributed by atoms with Gasteiger partial charge in [-0.2, -0.15) is 4.21 Å². The molecular formula is C10H7ClN2O3S. The Morgan fingerprint density at radius 1 is 1.47 bits per heavy atom. The average Bonchev–Trinajstić information content (AvgIpc) is 2.88. The Morgan fingerprint density at radius 3 is 3.12 bits per heavy atom. The quantitative estimate of drug-likeness (QED) is 0.909. The number of hydrogen-bond acceptors (Lipinski definition) is 4. The lowest BCUT2D eigenvalue weighted by Gasteiger charge is -1.96. The molecule has 88 valence electrons. The van der Waals surface area contributed by atoms with Gasteiger partial charge in [0, 0.05) is 17.4 Å². The molecule has 1 aliphatic rings. The van der Waals surface area contributed by atoms with E-state index >= 15 is 0 Å².